The lowest BCUT2D eigenvalue weighted by Crippen LogP contribution is -2.48. The van der Waals surface area contributed by atoms with Gasteiger partial charge in [0, 0.05) is 19.6 Å². The van der Waals surface area contributed by atoms with Crippen LogP contribution in [0.5, 0.6) is 0 Å². The van der Waals surface area contributed by atoms with Crippen molar-refractivity contribution in [3.63, 3.8) is 0 Å². The molecule has 2 heterocycles. The Morgan fingerprint density at radius 3 is 2.89 bits per heavy atom. The van der Waals surface area contributed by atoms with E-state index >= 15 is 0 Å². The average molecular weight is 288 g/mol. The van der Waals surface area contributed by atoms with E-state index in [0.29, 0.717) is 11.3 Å². The molecule has 0 spiro atoms. The first-order valence-corrected chi connectivity index (χ1v) is 7.33. The maximum atomic E-state index is 11.8. The molecule has 1 amide bonds. The molecule has 0 radical (unpaired) electrons. The highest BCUT2D eigenvalue weighted by atomic mass is 35.5. The number of likely N-dealkylation sites (tertiary alicyclic amines) is 1. The van der Waals surface area contributed by atoms with E-state index in [1.807, 2.05) is 0 Å². The molecular weight excluding hydrogens is 262 g/mol. The third kappa shape index (κ3) is 2.76. The summed E-state index contributed by atoms with van der Waals surface area (Å²) in [5.74, 6) is 1.17. The maximum Gasteiger partial charge on any atom is 0.235 e. The van der Waals surface area contributed by atoms with Crippen LogP contribution in [0.15, 0.2) is 0 Å². The molecule has 3 aliphatic rings. The fraction of sp³-hybridized carbons (Fsp3) is 0.929. The van der Waals surface area contributed by atoms with Crippen molar-refractivity contribution >= 4 is 18.3 Å². The van der Waals surface area contributed by atoms with Gasteiger partial charge in [-0.15, -0.1) is 12.4 Å². The van der Waals surface area contributed by atoms with E-state index in [4.69, 9.17) is 5.73 Å². The summed E-state index contributed by atoms with van der Waals surface area (Å²) in [6, 6.07) is 0.00919. The topological polar surface area (TPSA) is 58.4 Å². The van der Waals surface area contributed by atoms with E-state index in [-0.39, 0.29) is 24.4 Å². The summed E-state index contributed by atoms with van der Waals surface area (Å²) < 4.78 is 0. The first-order chi connectivity index (χ1) is 8.59. The van der Waals surface area contributed by atoms with E-state index in [2.05, 4.69) is 17.1 Å². The smallest absolute Gasteiger partial charge is 0.235 e. The van der Waals surface area contributed by atoms with Gasteiger partial charge in [-0.1, -0.05) is 13.3 Å². The van der Waals surface area contributed by atoms with E-state index in [1.54, 1.807) is 0 Å². The molecule has 0 aromatic rings. The van der Waals surface area contributed by atoms with Gasteiger partial charge in [-0.05, 0) is 43.1 Å². The molecule has 0 aromatic heterocycles. The van der Waals surface area contributed by atoms with Gasteiger partial charge in [-0.2, -0.15) is 0 Å². The number of hydrogen-bond acceptors (Lipinski definition) is 3. The number of halogens is 1. The number of amides is 1. The number of primary amides is 1. The molecule has 3 rings (SSSR count). The molecule has 110 valence electrons. The van der Waals surface area contributed by atoms with Crippen molar-refractivity contribution in [3.05, 3.63) is 0 Å². The predicted octanol–water partition coefficient (Wildman–Crippen LogP) is 0.994. The highest BCUT2D eigenvalue weighted by Crippen LogP contribution is 2.43. The quantitative estimate of drug-likeness (QED) is 0.814. The summed E-state index contributed by atoms with van der Waals surface area (Å²) in [4.78, 5) is 14.2. The number of fused-ring (bicyclic) bond motifs is 1. The Kier molecular flexibility index (Phi) is 4.43. The minimum atomic E-state index is -0.0982. The minimum absolute atomic E-state index is 0. The van der Waals surface area contributed by atoms with Crippen LogP contribution in [0.4, 0.5) is 0 Å². The second-order valence-corrected chi connectivity index (χ2v) is 6.87. The zero-order valence-electron chi connectivity index (χ0n) is 11.7. The summed E-state index contributed by atoms with van der Waals surface area (Å²) in [6.07, 6.45) is 4.99. The molecule has 0 bridgehead atoms. The van der Waals surface area contributed by atoms with Crippen molar-refractivity contribution in [2.24, 2.45) is 23.0 Å². The van der Waals surface area contributed by atoms with Crippen LogP contribution in [0.2, 0.25) is 0 Å². The highest BCUT2D eigenvalue weighted by Gasteiger charge is 2.48. The number of rotatable bonds is 3. The summed E-state index contributed by atoms with van der Waals surface area (Å²) in [6.45, 7) is 6.64. The van der Waals surface area contributed by atoms with Gasteiger partial charge in [0.2, 0.25) is 5.91 Å². The first kappa shape index (κ1) is 15.1. The van der Waals surface area contributed by atoms with Crippen LogP contribution in [-0.2, 0) is 4.79 Å². The number of carbonyl (C=O) groups is 1. The zero-order valence-corrected chi connectivity index (χ0v) is 12.5. The van der Waals surface area contributed by atoms with Crippen LogP contribution >= 0.6 is 12.4 Å². The highest BCUT2D eigenvalue weighted by molar-refractivity contribution is 5.85. The van der Waals surface area contributed by atoms with Crippen LogP contribution in [-0.4, -0.2) is 43.0 Å². The molecule has 5 heteroatoms. The number of nitrogens with one attached hydrogen (secondary N) is 1. The zero-order chi connectivity index (χ0) is 12.8. The number of nitrogens with two attached hydrogens (primary N) is 1. The Morgan fingerprint density at radius 1 is 1.47 bits per heavy atom. The maximum absolute atomic E-state index is 11.8. The molecule has 4 nitrogen and oxygen atoms in total. The van der Waals surface area contributed by atoms with E-state index < -0.39 is 0 Å². The second-order valence-electron chi connectivity index (χ2n) is 6.87. The van der Waals surface area contributed by atoms with Crippen molar-refractivity contribution in [2.45, 2.75) is 38.6 Å². The van der Waals surface area contributed by atoms with Crippen LogP contribution < -0.4 is 11.1 Å². The van der Waals surface area contributed by atoms with Gasteiger partial charge in [0.15, 0.2) is 0 Å². The summed E-state index contributed by atoms with van der Waals surface area (Å²) in [5.41, 5.74) is 5.99. The van der Waals surface area contributed by atoms with E-state index in [9.17, 15) is 4.79 Å². The van der Waals surface area contributed by atoms with Crippen LogP contribution in [0.3, 0.4) is 0 Å². The molecule has 1 aliphatic carbocycles. The summed E-state index contributed by atoms with van der Waals surface area (Å²) in [7, 11) is 0. The average Bonchev–Trinajstić information content (AvgIpc) is 2.93. The van der Waals surface area contributed by atoms with Crippen molar-refractivity contribution in [1.82, 2.24) is 10.2 Å². The number of hydrogen-bond donors (Lipinski definition) is 2. The van der Waals surface area contributed by atoms with E-state index in [1.165, 1.54) is 25.7 Å². The van der Waals surface area contributed by atoms with Crippen molar-refractivity contribution in [1.29, 1.82) is 0 Å². The van der Waals surface area contributed by atoms with Crippen molar-refractivity contribution < 1.29 is 4.79 Å². The minimum Gasteiger partial charge on any atom is -0.368 e. The largest absolute Gasteiger partial charge is 0.368 e. The van der Waals surface area contributed by atoms with Gasteiger partial charge in [-0.25, -0.2) is 0 Å². The van der Waals surface area contributed by atoms with E-state index in [0.717, 1.165) is 32.1 Å². The molecule has 4 unspecified atom stereocenters. The standard InChI is InChI=1S/C14H25N3O.ClH/c1-14(5-6-16-8-14)9-17-7-10-3-2-4-11(10)12(17)13(15)18;/h10-12,16H,2-9H2,1H3,(H2,15,18);1H. The Labute approximate surface area is 121 Å². The lowest BCUT2D eigenvalue weighted by molar-refractivity contribution is -0.123. The first-order valence-electron chi connectivity index (χ1n) is 7.33. The van der Waals surface area contributed by atoms with Crippen molar-refractivity contribution in [3.8, 4) is 0 Å². The molecule has 19 heavy (non-hydrogen) atoms. The number of nitrogens with zero attached hydrogens (tertiary/aromatic N) is 1. The van der Waals surface area contributed by atoms with Gasteiger partial charge in [-0.3, -0.25) is 9.69 Å². The Balaban J connectivity index is 0.00000133. The van der Waals surface area contributed by atoms with Gasteiger partial charge < -0.3 is 11.1 Å². The van der Waals surface area contributed by atoms with Gasteiger partial charge >= 0.3 is 0 Å². The Bertz CT molecular complexity index is 344. The summed E-state index contributed by atoms with van der Waals surface area (Å²) >= 11 is 0. The third-order valence-electron chi connectivity index (χ3n) is 5.32. The predicted molar refractivity (Wildman–Crippen MR) is 78.2 cm³/mol. The molecular formula is C14H26ClN3O. The fourth-order valence-corrected chi connectivity index (χ4v) is 4.44. The molecule has 1 saturated carbocycles. The Morgan fingerprint density at radius 2 is 2.26 bits per heavy atom. The molecule has 2 saturated heterocycles. The second kappa shape index (κ2) is 5.58. The molecule has 4 atom stereocenters. The Hall–Kier alpha value is -0.320. The molecule has 2 aliphatic heterocycles. The van der Waals surface area contributed by atoms with Gasteiger partial charge in [0.25, 0.3) is 0 Å². The number of carbonyl (C=O) groups excluding carboxylic acids is 1. The van der Waals surface area contributed by atoms with Gasteiger partial charge in [0.1, 0.15) is 0 Å². The third-order valence-corrected chi connectivity index (χ3v) is 5.32. The van der Waals surface area contributed by atoms with Crippen molar-refractivity contribution in [2.75, 3.05) is 26.2 Å². The van der Waals surface area contributed by atoms with Crippen LogP contribution in [0.25, 0.3) is 0 Å². The molecule has 3 fully saturated rings. The van der Waals surface area contributed by atoms with Crippen LogP contribution in [0.1, 0.15) is 32.6 Å². The fourth-order valence-electron chi connectivity index (χ4n) is 4.44. The lowest BCUT2D eigenvalue weighted by Gasteiger charge is -2.33. The lowest BCUT2D eigenvalue weighted by atomic mass is 9.88. The normalized spacial score (nSPS) is 42.1. The summed E-state index contributed by atoms with van der Waals surface area (Å²) in [5, 5.41) is 3.44. The monoisotopic (exact) mass is 287 g/mol. The van der Waals surface area contributed by atoms with Gasteiger partial charge in [0.05, 0.1) is 6.04 Å². The molecule has 3 N–H and O–H groups in total. The molecule has 0 aromatic carbocycles. The SMILES string of the molecule is CC1(CN2CC3CCCC3C2C(N)=O)CCNC1.Cl. The van der Waals surface area contributed by atoms with Crippen LogP contribution in [0, 0.1) is 17.3 Å².